The van der Waals surface area contributed by atoms with Crippen LogP contribution >= 0.6 is 0 Å². The third-order valence-corrected chi connectivity index (χ3v) is 1.91. The zero-order valence-electron chi connectivity index (χ0n) is 7.37. The van der Waals surface area contributed by atoms with Gasteiger partial charge in [0.25, 0.3) is 0 Å². The third-order valence-electron chi connectivity index (χ3n) is 1.91. The number of aryl methyl sites for hydroxylation is 2. The fourth-order valence-electron chi connectivity index (χ4n) is 1.12. The van der Waals surface area contributed by atoms with Crippen LogP contribution in [0.4, 0.5) is 5.69 Å². The van der Waals surface area contributed by atoms with Crippen molar-refractivity contribution >= 4 is 11.8 Å². The summed E-state index contributed by atoms with van der Waals surface area (Å²) in [7, 11) is 0. The monoisotopic (exact) mass is 390 g/mol. The van der Waals surface area contributed by atoms with Gasteiger partial charge in [-0.3, -0.25) is 6.58 Å². The molecule has 0 aliphatic heterocycles. The molecule has 0 aliphatic carbocycles. The van der Waals surface area contributed by atoms with E-state index < -0.39 is 0 Å². The molecule has 3 N–H and O–H groups in total. The fraction of sp³-hybridized carbons (Fsp3) is 0.200. The number of benzene rings is 1. The molecule has 0 aromatic heterocycles. The molecule has 1 aromatic rings. The zero-order chi connectivity index (χ0) is 8.43. The van der Waals surface area contributed by atoms with Gasteiger partial charge < -0.3 is 5.73 Å². The second-order valence-electron chi connectivity index (χ2n) is 2.80. The Balaban J connectivity index is 0.00000121. The molecule has 66 valence electrons. The summed E-state index contributed by atoms with van der Waals surface area (Å²) in [6, 6.07) is 4.07. The van der Waals surface area contributed by atoms with E-state index in [1.54, 1.807) is 6.08 Å². The van der Waals surface area contributed by atoms with Crippen molar-refractivity contribution in [3.8, 4) is 0 Å². The Labute approximate surface area is 67.5 Å². The predicted octanol–water partition coefficient (Wildman–Crippen LogP) is 1.62. The maximum absolute atomic E-state index is 5.39. The van der Waals surface area contributed by atoms with Crippen molar-refractivity contribution in [1.29, 1.82) is 0 Å². The standard InChI is InChI=1S/C10H12N.Cm/c1-4-9-5-7(2)10(11)8(3)6-9;/h1,4-6H,11H2,2-3H3;/q-1;/p+1. The summed E-state index contributed by atoms with van der Waals surface area (Å²) in [4.78, 5) is 0. The van der Waals surface area contributed by atoms with E-state index in [9.17, 15) is 0 Å². The summed E-state index contributed by atoms with van der Waals surface area (Å²) in [5, 5.41) is 0. The van der Waals surface area contributed by atoms with Crippen LogP contribution in [0.2, 0.25) is 0 Å². The Bertz CT molecular complexity index is 269. The average molecular weight is 394 g/mol. The molecule has 0 saturated carbocycles. The minimum absolute atomic E-state index is 0. The van der Waals surface area contributed by atoms with Crippen LogP contribution in [0.15, 0.2) is 12.1 Å². The molecule has 0 amide bonds. The van der Waals surface area contributed by atoms with Gasteiger partial charge in [-0.15, -0.1) is 12.1 Å². The summed E-state index contributed by atoms with van der Waals surface area (Å²) in [6.07, 6.45) is 1.61. The van der Waals surface area contributed by atoms with Crippen molar-refractivity contribution in [2.45, 2.75) is 13.8 Å². The Morgan fingerprint density at radius 1 is 1.25 bits per heavy atom. The first kappa shape index (κ1) is 9.92. The smallest absolute Gasteiger partial charge is 0.130 e. The van der Waals surface area contributed by atoms with E-state index in [0.717, 1.165) is 11.3 Å². The molecule has 0 fully saturated rings. The number of rotatable bonds is 1. The minimum Gasteiger partial charge on any atom is -0.325 e. The maximum atomic E-state index is 5.39. The number of hydrogen-bond donors (Lipinski definition) is 1. The van der Waals surface area contributed by atoms with Crippen molar-refractivity contribution in [2.24, 2.45) is 0 Å². The molecule has 0 atom stereocenters. The average Bonchev–Trinajstić information content (AvgIpc) is 1.99. The van der Waals surface area contributed by atoms with Gasteiger partial charge >= 0.3 is 0 Å². The summed E-state index contributed by atoms with van der Waals surface area (Å²) < 4.78 is 0. The Hall–Kier alpha value is -2.08. The van der Waals surface area contributed by atoms with Crippen LogP contribution in [0.5, 0.6) is 0 Å². The van der Waals surface area contributed by atoms with Gasteiger partial charge in [-0.25, -0.2) is 6.08 Å². The largest absolute Gasteiger partial charge is 0.325 e. The Kier molecular flexibility index (Phi) is 2.77. The van der Waals surface area contributed by atoms with Crippen molar-refractivity contribution in [2.75, 3.05) is 0 Å². The fourth-order valence-corrected chi connectivity index (χ4v) is 1.12. The van der Waals surface area contributed by atoms with E-state index in [4.69, 9.17) is 6.58 Å². The zero-order valence-corrected chi connectivity index (χ0v) is 10.3. The summed E-state index contributed by atoms with van der Waals surface area (Å²) in [6.45, 7) is 9.48. The normalized spacial score (nSPS) is 8.92. The first-order valence-corrected chi connectivity index (χ1v) is 3.63. The van der Waals surface area contributed by atoms with Crippen LogP contribution in [0.25, 0.3) is 6.08 Å². The van der Waals surface area contributed by atoms with Gasteiger partial charge in [0.2, 0.25) is 0 Å². The van der Waals surface area contributed by atoms with Crippen molar-refractivity contribution in [1.82, 2.24) is 0 Å². The van der Waals surface area contributed by atoms with Crippen LogP contribution in [-0.2, 0) is 0 Å². The molecule has 2 heteroatoms. The minimum atomic E-state index is 0. The van der Waals surface area contributed by atoms with E-state index >= 15 is 0 Å². The van der Waals surface area contributed by atoms with Crippen molar-refractivity contribution in [3.63, 3.8) is 0 Å². The molecule has 0 radical (unpaired) electrons. The van der Waals surface area contributed by atoms with Crippen LogP contribution in [-0.4, -0.2) is 0 Å². The van der Waals surface area contributed by atoms with Crippen molar-refractivity contribution in [3.05, 3.63) is 35.4 Å². The molecule has 1 nitrogen and oxygen atoms in total. The SMILES string of the molecule is [CH-]=Cc1cc(C)c([NH3+])c(C)c1.[Cm]. The van der Waals surface area contributed by atoms with Crippen LogP contribution in [0.1, 0.15) is 16.7 Å². The Morgan fingerprint density at radius 3 is 2.00 bits per heavy atom. The maximum Gasteiger partial charge on any atom is 0.130 e. The molecule has 0 unspecified atom stereocenters. The number of hydrogen-bond acceptors (Lipinski definition) is 0. The molecule has 1 aromatic carbocycles. The van der Waals surface area contributed by atoms with E-state index in [2.05, 4.69) is 5.73 Å². The first-order valence-electron chi connectivity index (χ1n) is 3.63. The molecule has 0 aliphatic rings. The van der Waals surface area contributed by atoms with Crippen LogP contribution < -0.4 is 5.73 Å². The molecular weight excluding hydrogens is 381 g/mol. The van der Waals surface area contributed by atoms with E-state index in [1.165, 1.54) is 11.1 Å². The second kappa shape index (κ2) is 3.35. The van der Waals surface area contributed by atoms with Gasteiger partial charge in [-0.1, -0.05) is 0 Å². The third kappa shape index (κ3) is 1.50. The summed E-state index contributed by atoms with van der Waals surface area (Å²) in [5.41, 5.74) is 8.50. The van der Waals surface area contributed by atoms with Gasteiger partial charge in [0.15, 0.2) is 0 Å². The molecular formula is C10H13CmN. The van der Waals surface area contributed by atoms with Gasteiger partial charge in [0.05, 0.1) is 0 Å². The Morgan fingerprint density at radius 2 is 1.67 bits per heavy atom. The summed E-state index contributed by atoms with van der Waals surface area (Å²) in [5.74, 6) is 0. The molecule has 12 heavy (non-hydrogen) atoms. The van der Waals surface area contributed by atoms with Crippen LogP contribution in [0.3, 0.4) is 0 Å². The molecule has 1 rings (SSSR count). The summed E-state index contributed by atoms with van der Waals surface area (Å²) >= 11 is 0. The van der Waals surface area contributed by atoms with Gasteiger partial charge in [-0.05, 0) is 25.0 Å². The van der Waals surface area contributed by atoms with Crippen molar-refractivity contribution < 1.29 is 5.73 Å². The first-order chi connectivity index (χ1) is 5.15. The topological polar surface area (TPSA) is 27.6 Å². The van der Waals surface area contributed by atoms with Gasteiger partial charge in [0, 0.05) is 0 Å². The van der Waals surface area contributed by atoms with Crippen LogP contribution in [0, 0.1) is 20.4 Å². The quantitative estimate of drug-likeness (QED) is 0.702. The molecule has 0 spiro atoms. The van der Waals surface area contributed by atoms with E-state index in [0.29, 0.717) is 0 Å². The molecule has 0 bridgehead atoms. The molecule has 0 heterocycles. The van der Waals surface area contributed by atoms with Gasteiger partial charge in [-0.2, -0.15) is 5.56 Å². The van der Waals surface area contributed by atoms with E-state index in [1.807, 2.05) is 26.0 Å². The number of quaternary nitrogens is 1. The van der Waals surface area contributed by atoms with Gasteiger partial charge in [0.1, 0.15) is 5.69 Å². The predicted molar refractivity (Wildman–Crippen MR) is 47.2 cm³/mol. The second-order valence-corrected chi connectivity index (χ2v) is 2.80. The van der Waals surface area contributed by atoms with E-state index in [-0.39, 0.29) is 0 Å². The molecule has 0 saturated heterocycles.